The molecule has 1 atom stereocenters. The summed E-state index contributed by atoms with van der Waals surface area (Å²) in [5, 5.41) is 3.32. The third-order valence-corrected chi connectivity index (χ3v) is 7.91. The van der Waals surface area contributed by atoms with Gasteiger partial charge in [0.1, 0.15) is 5.60 Å². The quantitative estimate of drug-likeness (QED) is 0.632. The molecular weight excluding hydrogens is 462 g/mol. The summed E-state index contributed by atoms with van der Waals surface area (Å²) in [5.41, 5.74) is 0.924. The number of amides is 2. The zero-order valence-corrected chi connectivity index (χ0v) is 21.5. The van der Waals surface area contributed by atoms with Gasteiger partial charge in [0.15, 0.2) is 15.0 Å². The molecule has 1 aliphatic rings. The molecule has 2 heterocycles. The normalized spacial score (nSPS) is 16.1. The number of hydrogen-bond acceptors (Lipinski definition) is 7. The molecule has 1 aliphatic heterocycles. The van der Waals surface area contributed by atoms with Crippen molar-refractivity contribution in [2.75, 3.05) is 11.1 Å². The summed E-state index contributed by atoms with van der Waals surface area (Å²) in [4.78, 5) is 32.7. The number of benzene rings is 1. The summed E-state index contributed by atoms with van der Waals surface area (Å²) < 4.78 is 29.4. The molecule has 8 nitrogen and oxygen atoms in total. The van der Waals surface area contributed by atoms with Crippen LogP contribution in [-0.4, -0.2) is 41.7 Å². The van der Waals surface area contributed by atoms with Crippen molar-refractivity contribution >= 4 is 38.3 Å². The number of hydrogen-bond donors (Lipinski definition) is 1. The maximum absolute atomic E-state index is 12.7. The van der Waals surface area contributed by atoms with Crippen LogP contribution in [0, 0.1) is 5.92 Å². The Morgan fingerprint density at radius 1 is 1.24 bits per heavy atom. The van der Waals surface area contributed by atoms with Gasteiger partial charge in [-0.05, 0) is 44.4 Å². The molecule has 0 bridgehead atoms. The van der Waals surface area contributed by atoms with Gasteiger partial charge in [-0.25, -0.2) is 18.2 Å². The average Bonchev–Trinajstić information content (AvgIpc) is 3.23. The van der Waals surface area contributed by atoms with Crippen LogP contribution >= 0.6 is 11.3 Å². The smallest absolute Gasteiger partial charge is 0.411 e. The van der Waals surface area contributed by atoms with Gasteiger partial charge in [0, 0.05) is 0 Å². The molecular formula is C23H31N3O5S2. The van der Waals surface area contributed by atoms with E-state index in [0.29, 0.717) is 17.2 Å². The van der Waals surface area contributed by atoms with E-state index >= 15 is 0 Å². The second-order valence-corrected chi connectivity index (χ2v) is 12.8. The monoisotopic (exact) mass is 493 g/mol. The van der Waals surface area contributed by atoms with Crippen molar-refractivity contribution in [3.05, 3.63) is 40.4 Å². The SMILES string of the molecule is CCS(=O)(=O)c1ccc(CC(=O)Nc2nc3c(s2)CN(C(=O)OC(C)(C)C)[C@H]3C(C)C)cc1. The molecule has 0 saturated heterocycles. The molecule has 0 radical (unpaired) electrons. The molecule has 0 aliphatic carbocycles. The fraction of sp³-hybridized carbons (Fsp3) is 0.522. The maximum Gasteiger partial charge on any atom is 0.411 e. The van der Waals surface area contributed by atoms with Gasteiger partial charge >= 0.3 is 6.09 Å². The zero-order valence-electron chi connectivity index (χ0n) is 19.8. The molecule has 0 saturated carbocycles. The molecule has 0 fully saturated rings. The highest BCUT2D eigenvalue weighted by Gasteiger charge is 2.40. The van der Waals surface area contributed by atoms with E-state index < -0.39 is 15.4 Å². The van der Waals surface area contributed by atoms with Crippen LogP contribution in [0.5, 0.6) is 0 Å². The Morgan fingerprint density at radius 3 is 2.42 bits per heavy atom. The zero-order chi connectivity index (χ0) is 24.6. The van der Waals surface area contributed by atoms with E-state index in [4.69, 9.17) is 4.74 Å². The van der Waals surface area contributed by atoms with E-state index in [2.05, 4.69) is 10.3 Å². The summed E-state index contributed by atoms with van der Waals surface area (Å²) in [7, 11) is -3.27. The van der Waals surface area contributed by atoms with Gasteiger partial charge in [0.25, 0.3) is 0 Å². The predicted molar refractivity (Wildman–Crippen MR) is 128 cm³/mol. The lowest BCUT2D eigenvalue weighted by Gasteiger charge is -2.30. The van der Waals surface area contributed by atoms with E-state index in [0.717, 1.165) is 10.6 Å². The second-order valence-electron chi connectivity index (χ2n) is 9.40. The number of anilines is 1. The molecule has 180 valence electrons. The molecule has 2 aromatic rings. The molecule has 1 aromatic heterocycles. The summed E-state index contributed by atoms with van der Waals surface area (Å²) in [5.74, 6) is -0.0782. The number of ether oxygens (including phenoxy) is 1. The van der Waals surface area contributed by atoms with E-state index in [-0.39, 0.29) is 41.0 Å². The van der Waals surface area contributed by atoms with Crippen LogP contribution in [0.1, 0.15) is 63.7 Å². The van der Waals surface area contributed by atoms with Crippen LogP contribution in [-0.2, 0) is 32.3 Å². The Kier molecular flexibility index (Phi) is 7.18. The minimum atomic E-state index is -3.27. The van der Waals surface area contributed by atoms with Gasteiger partial charge in [0.2, 0.25) is 5.91 Å². The maximum atomic E-state index is 12.7. The molecule has 0 unspecified atom stereocenters. The number of carbonyl (C=O) groups is 2. The summed E-state index contributed by atoms with van der Waals surface area (Å²) >= 11 is 1.36. The number of fused-ring (bicyclic) bond motifs is 1. The molecule has 10 heteroatoms. The number of aromatic nitrogens is 1. The first-order valence-corrected chi connectivity index (χ1v) is 13.4. The lowest BCUT2D eigenvalue weighted by atomic mass is 10.0. The first-order chi connectivity index (χ1) is 15.3. The van der Waals surface area contributed by atoms with Crippen LogP contribution < -0.4 is 5.32 Å². The molecule has 33 heavy (non-hydrogen) atoms. The third kappa shape index (κ3) is 5.92. The van der Waals surface area contributed by atoms with Crippen LogP contribution in [0.3, 0.4) is 0 Å². The Labute approximate surface area is 199 Å². The summed E-state index contributed by atoms with van der Waals surface area (Å²) in [6.07, 6.45) is -0.264. The van der Waals surface area contributed by atoms with Crippen LogP contribution in [0.2, 0.25) is 0 Å². The van der Waals surface area contributed by atoms with Crippen molar-refractivity contribution < 1.29 is 22.7 Å². The standard InChI is InChI=1S/C23H31N3O5S2/c1-7-33(29,30)16-10-8-15(9-11-16)12-18(27)24-21-25-19-17(32-21)13-26(20(19)14(2)3)22(28)31-23(4,5)6/h8-11,14,20H,7,12-13H2,1-6H3,(H,24,25,27)/t20-/m0/s1. The number of nitrogens with zero attached hydrogens (tertiary/aromatic N) is 2. The topological polar surface area (TPSA) is 106 Å². The number of thiazole rings is 1. The molecule has 0 spiro atoms. The van der Waals surface area contributed by atoms with Gasteiger partial charge in [-0.3, -0.25) is 9.69 Å². The highest BCUT2D eigenvalue weighted by molar-refractivity contribution is 7.91. The Morgan fingerprint density at radius 2 is 1.88 bits per heavy atom. The summed E-state index contributed by atoms with van der Waals surface area (Å²) in [6, 6.07) is 6.13. The van der Waals surface area contributed by atoms with Crippen LogP contribution in [0.25, 0.3) is 0 Å². The minimum absolute atomic E-state index is 0.0320. The molecule has 1 N–H and O–H groups in total. The number of sulfone groups is 1. The summed E-state index contributed by atoms with van der Waals surface area (Å²) in [6.45, 7) is 11.6. The van der Waals surface area contributed by atoms with E-state index in [9.17, 15) is 18.0 Å². The fourth-order valence-electron chi connectivity index (χ4n) is 3.67. The van der Waals surface area contributed by atoms with Crippen molar-refractivity contribution in [3.8, 4) is 0 Å². The van der Waals surface area contributed by atoms with Crippen molar-refractivity contribution in [3.63, 3.8) is 0 Å². The lowest BCUT2D eigenvalue weighted by molar-refractivity contribution is -0.115. The van der Waals surface area contributed by atoms with E-state index in [1.54, 1.807) is 24.0 Å². The van der Waals surface area contributed by atoms with Gasteiger partial charge in [0.05, 0.1) is 40.2 Å². The Hall–Kier alpha value is -2.46. The highest BCUT2D eigenvalue weighted by atomic mass is 32.2. The van der Waals surface area contributed by atoms with E-state index in [1.165, 1.54) is 23.5 Å². The van der Waals surface area contributed by atoms with E-state index in [1.807, 2.05) is 34.6 Å². The van der Waals surface area contributed by atoms with Gasteiger partial charge < -0.3 is 10.1 Å². The highest BCUT2D eigenvalue weighted by Crippen LogP contribution is 2.43. The van der Waals surface area contributed by atoms with Gasteiger partial charge in [-0.2, -0.15) is 0 Å². The number of carbonyl (C=O) groups excluding carboxylic acids is 2. The number of nitrogens with one attached hydrogen (secondary N) is 1. The van der Waals surface area contributed by atoms with Crippen molar-refractivity contribution in [2.45, 2.75) is 71.0 Å². The second kappa shape index (κ2) is 9.42. The molecule has 3 rings (SSSR count). The molecule has 2 amide bonds. The van der Waals surface area contributed by atoms with Crippen molar-refractivity contribution in [1.29, 1.82) is 0 Å². The number of rotatable bonds is 6. The average molecular weight is 494 g/mol. The molecule has 1 aromatic carbocycles. The van der Waals surface area contributed by atoms with Crippen molar-refractivity contribution in [2.24, 2.45) is 5.92 Å². The predicted octanol–water partition coefficient (Wildman–Crippen LogP) is 4.57. The first kappa shape index (κ1) is 25.2. The van der Waals surface area contributed by atoms with Gasteiger partial charge in [-0.15, -0.1) is 0 Å². The largest absolute Gasteiger partial charge is 0.444 e. The Balaban J connectivity index is 1.68. The fourth-order valence-corrected chi connectivity index (χ4v) is 5.57. The lowest BCUT2D eigenvalue weighted by Crippen LogP contribution is -2.37. The van der Waals surface area contributed by atoms with Crippen molar-refractivity contribution in [1.82, 2.24) is 9.88 Å². The first-order valence-electron chi connectivity index (χ1n) is 10.9. The van der Waals surface area contributed by atoms with Gasteiger partial charge in [-0.1, -0.05) is 44.2 Å². The van der Waals surface area contributed by atoms with Crippen LogP contribution in [0.15, 0.2) is 29.2 Å². The third-order valence-electron chi connectivity index (χ3n) is 5.19. The Bertz CT molecular complexity index is 1130. The minimum Gasteiger partial charge on any atom is -0.444 e. The van der Waals surface area contributed by atoms with Crippen LogP contribution in [0.4, 0.5) is 9.93 Å².